The zero-order valence-corrected chi connectivity index (χ0v) is 14.6. The molecule has 3 N–H and O–H groups in total. The van der Waals surface area contributed by atoms with Gasteiger partial charge in [-0.3, -0.25) is 4.79 Å². The Hall–Kier alpha value is -2.33. The molecule has 0 fully saturated rings. The molecular weight excluding hydrogens is 300 g/mol. The van der Waals surface area contributed by atoms with Crippen LogP contribution in [-0.2, 0) is 4.79 Å². The van der Waals surface area contributed by atoms with Crippen molar-refractivity contribution in [2.75, 3.05) is 17.2 Å². The number of carbonyl (C=O) groups excluding carboxylic acids is 1. The molecule has 1 heterocycles. The summed E-state index contributed by atoms with van der Waals surface area (Å²) in [5, 5.41) is 16.5. The van der Waals surface area contributed by atoms with Gasteiger partial charge < -0.3 is 15.7 Å². The molecule has 1 aromatic carbocycles. The third kappa shape index (κ3) is 4.36. The highest BCUT2D eigenvalue weighted by atomic mass is 16.3. The Bertz CT molecular complexity index is 694. The molecule has 0 saturated carbocycles. The lowest BCUT2D eigenvalue weighted by Gasteiger charge is -2.19. The van der Waals surface area contributed by atoms with Crippen LogP contribution in [-0.4, -0.2) is 23.2 Å². The van der Waals surface area contributed by atoms with Crippen molar-refractivity contribution < 1.29 is 9.90 Å². The summed E-state index contributed by atoms with van der Waals surface area (Å²) in [6.07, 6.45) is 7.11. The molecule has 24 heavy (non-hydrogen) atoms. The van der Waals surface area contributed by atoms with Crippen molar-refractivity contribution in [3.05, 3.63) is 54.1 Å². The summed E-state index contributed by atoms with van der Waals surface area (Å²) in [5.41, 5.74) is 3.39. The van der Waals surface area contributed by atoms with Gasteiger partial charge in [0.05, 0.1) is 17.0 Å². The van der Waals surface area contributed by atoms with Crippen molar-refractivity contribution in [3.8, 4) is 0 Å². The van der Waals surface area contributed by atoms with Gasteiger partial charge in [-0.15, -0.1) is 0 Å². The van der Waals surface area contributed by atoms with Gasteiger partial charge in [0.1, 0.15) is 0 Å². The number of nitrogens with one attached hydrogen (secondary N) is 2. The molecule has 0 aromatic heterocycles. The van der Waals surface area contributed by atoms with Gasteiger partial charge in [-0.2, -0.15) is 0 Å². The van der Waals surface area contributed by atoms with Gasteiger partial charge >= 0.3 is 0 Å². The summed E-state index contributed by atoms with van der Waals surface area (Å²) in [5.74, 6) is 0.00903. The van der Waals surface area contributed by atoms with Crippen LogP contribution in [0.3, 0.4) is 0 Å². The van der Waals surface area contributed by atoms with Crippen LogP contribution in [0.1, 0.15) is 39.2 Å². The van der Waals surface area contributed by atoms with E-state index < -0.39 is 5.60 Å². The molecule has 2 rings (SSSR count). The summed E-state index contributed by atoms with van der Waals surface area (Å²) in [4.78, 5) is 11.7. The van der Waals surface area contributed by atoms with Crippen molar-refractivity contribution in [1.82, 2.24) is 0 Å². The maximum atomic E-state index is 11.7. The van der Waals surface area contributed by atoms with E-state index in [9.17, 15) is 9.90 Å². The SMILES string of the molecule is C=C(/C=C\C(=C/CC)C(C)(C)O)c1cccc2c1NCCC(=O)N2. The fourth-order valence-corrected chi connectivity index (χ4v) is 2.65. The normalized spacial score (nSPS) is 15.5. The predicted octanol–water partition coefficient (Wildman–Crippen LogP) is 4.12. The van der Waals surface area contributed by atoms with Gasteiger partial charge in [0, 0.05) is 18.5 Å². The van der Waals surface area contributed by atoms with E-state index in [-0.39, 0.29) is 5.91 Å². The Morgan fingerprint density at radius 1 is 1.38 bits per heavy atom. The number of anilines is 2. The van der Waals surface area contributed by atoms with Crippen molar-refractivity contribution in [2.45, 2.75) is 39.2 Å². The maximum Gasteiger partial charge on any atom is 0.226 e. The molecule has 1 amide bonds. The summed E-state index contributed by atoms with van der Waals surface area (Å²) >= 11 is 0. The second-order valence-electron chi connectivity index (χ2n) is 6.44. The van der Waals surface area contributed by atoms with Gasteiger partial charge in [-0.05, 0) is 37.5 Å². The number of hydrogen-bond acceptors (Lipinski definition) is 3. The number of hydrogen-bond donors (Lipinski definition) is 3. The lowest BCUT2D eigenvalue weighted by molar-refractivity contribution is -0.115. The van der Waals surface area contributed by atoms with E-state index in [4.69, 9.17) is 0 Å². The minimum atomic E-state index is -0.896. The van der Waals surface area contributed by atoms with Crippen LogP contribution >= 0.6 is 0 Å². The van der Waals surface area contributed by atoms with Gasteiger partial charge in [-0.1, -0.05) is 43.9 Å². The number of carbonyl (C=O) groups is 1. The molecule has 128 valence electrons. The van der Waals surface area contributed by atoms with E-state index in [0.717, 1.165) is 34.5 Å². The van der Waals surface area contributed by atoms with Gasteiger partial charge in [-0.25, -0.2) is 0 Å². The Morgan fingerprint density at radius 3 is 2.79 bits per heavy atom. The lowest BCUT2D eigenvalue weighted by atomic mass is 9.95. The smallest absolute Gasteiger partial charge is 0.226 e. The average molecular weight is 326 g/mol. The van der Waals surface area contributed by atoms with E-state index in [2.05, 4.69) is 17.2 Å². The Balaban J connectivity index is 2.31. The van der Waals surface area contributed by atoms with Crippen molar-refractivity contribution in [2.24, 2.45) is 0 Å². The van der Waals surface area contributed by atoms with Crippen LogP contribution in [0, 0.1) is 0 Å². The number of para-hydroxylation sites is 1. The van der Waals surface area contributed by atoms with Crippen molar-refractivity contribution in [1.29, 1.82) is 0 Å². The topological polar surface area (TPSA) is 61.4 Å². The quantitative estimate of drug-likeness (QED) is 0.713. The van der Waals surface area contributed by atoms with Gasteiger partial charge in [0.15, 0.2) is 0 Å². The minimum absolute atomic E-state index is 0.00903. The average Bonchev–Trinajstić information content (AvgIpc) is 2.70. The molecule has 4 heteroatoms. The predicted molar refractivity (Wildman–Crippen MR) is 101 cm³/mol. The van der Waals surface area contributed by atoms with Crippen LogP contribution < -0.4 is 10.6 Å². The highest BCUT2D eigenvalue weighted by Gasteiger charge is 2.18. The van der Waals surface area contributed by atoms with Crippen LogP contribution in [0.2, 0.25) is 0 Å². The fourth-order valence-electron chi connectivity index (χ4n) is 2.65. The maximum absolute atomic E-state index is 11.7. The Kier molecular flexibility index (Phi) is 5.62. The van der Waals surface area contributed by atoms with Gasteiger partial charge in [0.2, 0.25) is 5.91 Å². The zero-order valence-electron chi connectivity index (χ0n) is 14.6. The molecule has 0 aliphatic carbocycles. The van der Waals surface area contributed by atoms with E-state index in [1.54, 1.807) is 13.8 Å². The summed E-state index contributed by atoms with van der Waals surface area (Å²) < 4.78 is 0. The molecule has 4 nitrogen and oxygen atoms in total. The molecule has 1 aliphatic heterocycles. The van der Waals surface area contributed by atoms with E-state index >= 15 is 0 Å². The summed E-state index contributed by atoms with van der Waals surface area (Å²) in [7, 11) is 0. The first-order valence-corrected chi connectivity index (χ1v) is 8.30. The number of benzene rings is 1. The second-order valence-corrected chi connectivity index (χ2v) is 6.44. The molecule has 0 atom stereocenters. The number of aliphatic hydroxyl groups is 1. The molecule has 0 spiro atoms. The first-order valence-electron chi connectivity index (χ1n) is 8.30. The monoisotopic (exact) mass is 326 g/mol. The molecule has 1 aromatic rings. The highest BCUT2D eigenvalue weighted by Crippen LogP contribution is 2.33. The van der Waals surface area contributed by atoms with Crippen LogP contribution in [0.4, 0.5) is 11.4 Å². The number of fused-ring (bicyclic) bond motifs is 1. The first kappa shape index (κ1) is 18.0. The fraction of sp³-hybridized carbons (Fsp3) is 0.350. The Morgan fingerprint density at radius 2 is 2.12 bits per heavy atom. The van der Waals surface area contributed by atoms with Crippen LogP contribution in [0.5, 0.6) is 0 Å². The van der Waals surface area contributed by atoms with Crippen molar-refractivity contribution in [3.63, 3.8) is 0 Å². The second kappa shape index (κ2) is 7.49. The lowest BCUT2D eigenvalue weighted by Crippen LogP contribution is -2.20. The van der Waals surface area contributed by atoms with Crippen molar-refractivity contribution >= 4 is 22.9 Å². The van der Waals surface area contributed by atoms with E-state index in [0.29, 0.717) is 13.0 Å². The molecule has 0 saturated heterocycles. The van der Waals surface area contributed by atoms with Crippen LogP contribution in [0.15, 0.2) is 48.6 Å². The van der Waals surface area contributed by atoms with Crippen LogP contribution in [0.25, 0.3) is 5.57 Å². The van der Waals surface area contributed by atoms with E-state index in [1.807, 2.05) is 43.4 Å². The summed E-state index contributed by atoms with van der Waals surface area (Å²) in [6, 6.07) is 5.76. The molecule has 0 radical (unpaired) electrons. The third-order valence-electron chi connectivity index (χ3n) is 3.93. The largest absolute Gasteiger partial charge is 0.386 e. The molecule has 1 aliphatic rings. The first-order chi connectivity index (χ1) is 11.3. The minimum Gasteiger partial charge on any atom is -0.386 e. The van der Waals surface area contributed by atoms with E-state index in [1.165, 1.54) is 0 Å². The summed E-state index contributed by atoms with van der Waals surface area (Å²) in [6.45, 7) is 10.3. The number of rotatable bonds is 5. The number of allylic oxidation sites excluding steroid dienone is 3. The zero-order chi connectivity index (χ0) is 17.7. The number of amides is 1. The van der Waals surface area contributed by atoms with Gasteiger partial charge in [0.25, 0.3) is 0 Å². The standard InChI is InChI=1S/C20H26N2O2/c1-5-7-15(20(3,4)24)11-10-14(2)16-8-6-9-17-19(16)21-13-12-18(23)22-17/h6-11,21,24H,2,5,12-13H2,1,3-4H3,(H,22,23)/b11-10-,15-7+. The molecule has 0 unspecified atom stereocenters. The molecule has 0 bridgehead atoms. The molecular formula is C20H26N2O2. The third-order valence-corrected chi connectivity index (χ3v) is 3.93. The highest BCUT2D eigenvalue weighted by molar-refractivity contribution is 5.99. The Labute approximate surface area is 144 Å².